The first-order chi connectivity index (χ1) is 13.0. The van der Waals surface area contributed by atoms with Crippen molar-refractivity contribution < 1.29 is 19.1 Å². The highest BCUT2D eigenvalue weighted by Gasteiger charge is 2.34. The van der Waals surface area contributed by atoms with Crippen LogP contribution in [0, 0.1) is 0 Å². The Morgan fingerprint density at radius 3 is 2.50 bits per heavy atom. The zero-order chi connectivity index (χ0) is 21.1. The lowest BCUT2D eigenvalue weighted by Gasteiger charge is -2.39. The van der Waals surface area contributed by atoms with Crippen LogP contribution in [-0.2, 0) is 14.3 Å². The molecule has 28 heavy (non-hydrogen) atoms. The third-order valence-electron chi connectivity index (χ3n) is 4.18. The van der Waals surface area contributed by atoms with E-state index >= 15 is 0 Å². The molecule has 2 rings (SSSR count). The van der Waals surface area contributed by atoms with Gasteiger partial charge >= 0.3 is 12.0 Å². The highest BCUT2D eigenvalue weighted by molar-refractivity contribution is 6.42. The van der Waals surface area contributed by atoms with Crippen LogP contribution in [0.2, 0.25) is 10.0 Å². The first-order valence-corrected chi connectivity index (χ1v) is 9.77. The highest BCUT2D eigenvalue weighted by Crippen LogP contribution is 2.25. The molecule has 1 aromatic rings. The van der Waals surface area contributed by atoms with Gasteiger partial charge in [-0.2, -0.15) is 0 Å². The second kappa shape index (κ2) is 9.01. The molecule has 0 saturated carbocycles. The maximum atomic E-state index is 12.6. The average Bonchev–Trinajstić information content (AvgIpc) is 2.58. The molecule has 0 spiro atoms. The standard InChI is InChI=1S/C19H25Cl2N3O4/c1-12-17(26)23(8-7-16(25)28-19(2,3)4)9-10-24(12)18(27)22-13-5-6-14(20)15(21)11-13/h5-6,11-12H,7-10H2,1-4H3,(H,22,27)/t12-/m0/s1. The van der Waals surface area contributed by atoms with E-state index in [2.05, 4.69) is 5.32 Å². The van der Waals surface area contributed by atoms with Crippen LogP contribution in [0.15, 0.2) is 18.2 Å². The van der Waals surface area contributed by atoms with E-state index in [0.717, 1.165) is 0 Å². The van der Waals surface area contributed by atoms with E-state index in [0.29, 0.717) is 28.8 Å². The fourth-order valence-corrected chi connectivity index (χ4v) is 3.12. The molecule has 0 unspecified atom stereocenters. The van der Waals surface area contributed by atoms with Crippen LogP contribution in [0.25, 0.3) is 0 Å². The summed E-state index contributed by atoms with van der Waals surface area (Å²) in [5, 5.41) is 3.44. The number of piperazine rings is 1. The lowest BCUT2D eigenvalue weighted by molar-refractivity contribution is -0.155. The van der Waals surface area contributed by atoms with Crippen molar-refractivity contribution in [1.82, 2.24) is 9.80 Å². The molecule has 0 bridgehead atoms. The Morgan fingerprint density at radius 2 is 1.89 bits per heavy atom. The zero-order valence-electron chi connectivity index (χ0n) is 16.4. The summed E-state index contributed by atoms with van der Waals surface area (Å²) in [4.78, 5) is 40.0. The molecule has 0 aromatic heterocycles. The van der Waals surface area contributed by atoms with Gasteiger partial charge in [-0.3, -0.25) is 9.59 Å². The Hall–Kier alpha value is -1.99. The number of carbonyl (C=O) groups excluding carboxylic acids is 3. The molecule has 1 aliphatic rings. The SMILES string of the molecule is C[C@H]1C(=O)N(CCC(=O)OC(C)(C)C)CCN1C(=O)Nc1ccc(Cl)c(Cl)c1. The van der Waals surface area contributed by atoms with Crippen LogP contribution in [0.5, 0.6) is 0 Å². The van der Waals surface area contributed by atoms with Crippen molar-refractivity contribution in [2.75, 3.05) is 25.0 Å². The van der Waals surface area contributed by atoms with E-state index in [9.17, 15) is 14.4 Å². The largest absolute Gasteiger partial charge is 0.460 e. The van der Waals surface area contributed by atoms with Crippen LogP contribution >= 0.6 is 23.2 Å². The first kappa shape index (κ1) is 22.3. The Balaban J connectivity index is 1.91. The van der Waals surface area contributed by atoms with Crippen molar-refractivity contribution in [3.8, 4) is 0 Å². The minimum Gasteiger partial charge on any atom is -0.460 e. The molecule has 1 N–H and O–H groups in total. The molecule has 1 aliphatic heterocycles. The van der Waals surface area contributed by atoms with Crippen LogP contribution in [-0.4, -0.2) is 59.0 Å². The lowest BCUT2D eigenvalue weighted by Crippen LogP contribution is -2.58. The number of carbonyl (C=O) groups is 3. The van der Waals surface area contributed by atoms with Crippen molar-refractivity contribution in [1.29, 1.82) is 0 Å². The van der Waals surface area contributed by atoms with Crippen molar-refractivity contribution in [2.24, 2.45) is 0 Å². The topological polar surface area (TPSA) is 79.0 Å². The Bertz CT molecular complexity index is 764. The van der Waals surface area contributed by atoms with Gasteiger partial charge in [0.15, 0.2) is 0 Å². The molecule has 1 saturated heterocycles. The molecule has 7 nitrogen and oxygen atoms in total. The number of rotatable bonds is 4. The molecule has 1 heterocycles. The Morgan fingerprint density at radius 1 is 1.21 bits per heavy atom. The fourth-order valence-electron chi connectivity index (χ4n) is 2.82. The van der Waals surface area contributed by atoms with Gasteiger partial charge in [-0.25, -0.2) is 4.79 Å². The Kier molecular flexibility index (Phi) is 7.17. The third-order valence-corrected chi connectivity index (χ3v) is 4.92. The summed E-state index contributed by atoms with van der Waals surface area (Å²) < 4.78 is 5.26. The van der Waals surface area contributed by atoms with Gasteiger partial charge in [0.2, 0.25) is 5.91 Å². The summed E-state index contributed by atoms with van der Waals surface area (Å²) >= 11 is 11.8. The molecule has 0 aliphatic carbocycles. The van der Waals surface area contributed by atoms with E-state index < -0.39 is 17.7 Å². The van der Waals surface area contributed by atoms with Gasteiger partial charge in [0.1, 0.15) is 11.6 Å². The van der Waals surface area contributed by atoms with Crippen LogP contribution in [0.1, 0.15) is 34.1 Å². The predicted octanol–water partition coefficient (Wildman–Crippen LogP) is 3.79. The maximum absolute atomic E-state index is 12.6. The molecular formula is C19H25Cl2N3O4. The van der Waals surface area contributed by atoms with E-state index in [4.69, 9.17) is 27.9 Å². The van der Waals surface area contributed by atoms with Crippen LogP contribution in [0.4, 0.5) is 10.5 Å². The van der Waals surface area contributed by atoms with E-state index in [-0.39, 0.29) is 24.8 Å². The number of urea groups is 1. The number of nitrogens with zero attached hydrogens (tertiary/aromatic N) is 2. The molecule has 3 amide bonds. The molecule has 0 radical (unpaired) electrons. The summed E-state index contributed by atoms with van der Waals surface area (Å²) in [5.74, 6) is -0.563. The number of hydrogen-bond donors (Lipinski definition) is 1. The number of halogens is 2. The van der Waals surface area contributed by atoms with E-state index in [1.54, 1.807) is 50.8 Å². The van der Waals surface area contributed by atoms with Crippen LogP contribution < -0.4 is 5.32 Å². The van der Waals surface area contributed by atoms with Crippen molar-refractivity contribution in [3.63, 3.8) is 0 Å². The minimum atomic E-state index is -0.643. The van der Waals surface area contributed by atoms with Crippen molar-refractivity contribution in [2.45, 2.75) is 45.8 Å². The van der Waals surface area contributed by atoms with E-state index in [1.165, 1.54) is 4.90 Å². The molecule has 1 aromatic carbocycles. The lowest BCUT2D eigenvalue weighted by atomic mass is 10.1. The van der Waals surface area contributed by atoms with Crippen molar-refractivity contribution >= 4 is 46.8 Å². The molecule has 9 heteroatoms. The molecule has 1 fully saturated rings. The van der Waals surface area contributed by atoms with Crippen LogP contribution in [0.3, 0.4) is 0 Å². The number of hydrogen-bond acceptors (Lipinski definition) is 4. The highest BCUT2D eigenvalue weighted by atomic mass is 35.5. The quantitative estimate of drug-likeness (QED) is 0.738. The van der Waals surface area contributed by atoms with Crippen molar-refractivity contribution in [3.05, 3.63) is 28.2 Å². The predicted molar refractivity (Wildman–Crippen MR) is 109 cm³/mol. The second-order valence-electron chi connectivity index (χ2n) is 7.59. The third kappa shape index (κ3) is 6.01. The molecule has 1 atom stereocenters. The minimum absolute atomic E-state index is 0.116. The van der Waals surface area contributed by atoms with E-state index in [1.807, 2.05) is 0 Å². The van der Waals surface area contributed by atoms with Gasteiger partial charge in [-0.1, -0.05) is 23.2 Å². The summed E-state index contributed by atoms with van der Waals surface area (Å²) in [6, 6.07) is 3.73. The van der Waals surface area contributed by atoms with Gasteiger partial charge in [0.05, 0.1) is 16.5 Å². The van der Waals surface area contributed by atoms with Gasteiger partial charge in [-0.15, -0.1) is 0 Å². The molecule has 154 valence electrons. The smallest absolute Gasteiger partial charge is 0.322 e. The maximum Gasteiger partial charge on any atom is 0.322 e. The monoisotopic (exact) mass is 429 g/mol. The summed E-state index contributed by atoms with van der Waals surface area (Å²) in [5.41, 5.74) is -0.0677. The van der Waals surface area contributed by atoms with Gasteiger partial charge in [0, 0.05) is 25.3 Å². The number of benzene rings is 1. The van der Waals surface area contributed by atoms with Gasteiger partial charge in [0.25, 0.3) is 0 Å². The normalized spacial score (nSPS) is 17.5. The van der Waals surface area contributed by atoms with Gasteiger partial charge in [-0.05, 0) is 45.9 Å². The summed E-state index contributed by atoms with van der Waals surface area (Å²) in [6.07, 6.45) is 0.116. The average molecular weight is 430 g/mol. The molecular weight excluding hydrogens is 405 g/mol. The number of amides is 3. The number of anilines is 1. The zero-order valence-corrected chi connectivity index (χ0v) is 17.9. The number of nitrogens with one attached hydrogen (secondary N) is 1. The number of esters is 1. The summed E-state index contributed by atoms with van der Waals surface area (Å²) in [7, 11) is 0. The Labute approximate surface area is 174 Å². The fraction of sp³-hybridized carbons (Fsp3) is 0.526. The van der Waals surface area contributed by atoms with Gasteiger partial charge < -0.3 is 19.9 Å². The second-order valence-corrected chi connectivity index (χ2v) is 8.40. The summed E-state index contributed by atoms with van der Waals surface area (Å²) in [6.45, 7) is 8.02. The number of ether oxygens (including phenoxy) is 1. The first-order valence-electron chi connectivity index (χ1n) is 9.01.